The van der Waals surface area contributed by atoms with Crippen LogP contribution in [0, 0.1) is 5.82 Å². The average Bonchev–Trinajstić information content (AvgIpc) is 2.46. The van der Waals surface area contributed by atoms with Crippen LogP contribution < -0.4 is 0 Å². The largest absolute Gasteiger partial charge is 0.469 e. The third-order valence-corrected chi connectivity index (χ3v) is 3.08. The van der Waals surface area contributed by atoms with Gasteiger partial charge in [0.2, 0.25) is 0 Å². The Morgan fingerprint density at radius 3 is 2.42 bits per heavy atom. The van der Waals surface area contributed by atoms with Crippen LogP contribution in [0.15, 0.2) is 48.5 Å². The normalized spacial score (nSPS) is 11.9. The van der Waals surface area contributed by atoms with Crippen molar-refractivity contribution in [3.8, 4) is 11.1 Å². The van der Waals surface area contributed by atoms with Crippen LogP contribution in [-0.4, -0.2) is 13.1 Å². The second-order valence-electron chi connectivity index (χ2n) is 4.38. The zero-order valence-electron chi connectivity index (χ0n) is 10.9. The molecule has 0 heterocycles. The topological polar surface area (TPSA) is 26.3 Å². The molecule has 2 aromatic carbocycles. The number of ether oxygens (including phenoxy) is 1. The Hall–Kier alpha value is -2.16. The summed E-state index contributed by atoms with van der Waals surface area (Å²) >= 11 is 0. The van der Waals surface area contributed by atoms with Crippen LogP contribution in [0.25, 0.3) is 11.1 Å². The molecule has 0 saturated carbocycles. The summed E-state index contributed by atoms with van der Waals surface area (Å²) in [6, 6.07) is 14.1. The summed E-state index contributed by atoms with van der Waals surface area (Å²) in [5.41, 5.74) is 2.29. The number of hydrogen-bond donors (Lipinski definition) is 0. The van der Waals surface area contributed by atoms with Gasteiger partial charge < -0.3 is 4.74 Å². The molecule has 2 aromatic rings. The predicted octanol–water partition coefficient (Wildman–Crippen LogP) is 3.77. The second-order valence-corrected chi connectivity index (χ2v) is 4.38. The Morgan fingerprint density at radius 2 is 1.79 bits per heavy atom. The molecule has 0 bridgehead atoms. The zero-order chi connectivity index (χ0) is 13.8. The molecule has 2 nitrogen and oxygen atoms in total. The van der Waals surface area contributed by atoms with E-state index in [1.54, 1.807) is 6.92 Å². The fourth-order valence-electron chi connectivity index (χ4n) is 1.97. The first-order valence-corrected chi connectivity index (χ1v) is 6.05. The van der Waals surface area contributed by atoms with Gasteiger partial charge in [0.1, 0.15) is 5.82 Å². The molecule has 0 N–H and O–H groups in total. The lowest BCUT2D eigenvalue weighted by Crippen LogP contribution is -2.11. The monoisotopic (exact) mass is 258 g/mol. The van der Waals surface area contributed by atoms with E-state index in [0.717, 1.165) is 11.1 Å². The van der Waals surface area contributed by atoms with E-state index in [4.69, 9.17) is 4.74 Å². The summed E-state index contributed by atoms with van der Waals surface area (Å²) in [7, 11) is 1.33. The number of halogens is 1. The molecule has 0 saturated heterocycles. The van der Waals surface area contributed by atoms with Gasteiger partial charge in [0.15, 0.2) is 0 Å². The van der Waals surface area contributed by atoms with Crippen LogP contribution in [0.3, 0.4) is 0 Å². The number of benzene rings is 2. The molecule has 0 amide bonds. The number of methoxy groups -OCH3 is 1. The van der Waals surface area contributed by atoms with E-state index >= 15 is 0 Å². The number of rotatable bonds is 3. The molecule has 0 spiro atoms. The first kappa shape index (κ1) is 13.3. The number of hydrogen-bond acceptors (Lipinski definition) is 2. The molecular formula is C16H15FO2. The van der Waals surface area contributed by atoms with E-state index in [-0.39, 0.29) is 11.8 Å². The van der Waals surface area contributed by atoms with Crippen molar-refractivity contribution in [2.75, 3.05) is 7.11 Å². The SMILES string of the molecule is COC(=O)[C@H](C)c1cc(F)cc(-c2ccccc2)c1. The van der Waals surface area contributed by atoms with Gasteiger partial charge in [-0.05, 0) is 35.7 Å². The summed E-state index contributed by atoms with van der Waals surface area (Å²) in [6.07, 6.45) is 0. The average molecular weight is 258 g/mol. The van der Waals surface area contributed by atoms with Gasteiger partial charge in [-0.15, -0.1) is 0 Å². The van der Waals surface area contributed by atoms with Gasteiger partial charge in [0, 0.05) is 0 Å². The fourth-order valence-corrected chi connectivity index (χ4v) is 1.97. The molecule has 0 unspecified atom stereocenters. The first-order chi connectivity index (χ1) is 9.11. The molecule has 1 atom stereocenters. The maximum absolute atomic E-state index is 13.7. The molecule has 98 valence electrons. The second kappa shape index (κ2) is 5.65. The van der Waals surface area contributed by atoms with Crippen LogP contribution in [0.2, 0.25) is 0 Å². The van der Waals surface area contributed by atoms with Crippen LogP contribution in [0.4, 0.5) is 4.39 Å². The van der Waals surface area contributed by atoms with Crippen LogP contribution in [0.1, 0.15) is 18.4 Å². The Balaban J connectivity index is 2.43. The van der Waals surface area contributed by atoms with Crippen molar-refractivity contribution < 1.29 is 13.9 Å². The van der Waals surface area contributed by atoms with Gasteiger partial charge in [0.25, 0.3) is 0 Å². The smallest absolute Gasteiger partial charge is 0.312 e. The van der Waals surface area contributed by atoms with Crippen LogP contribution in [0.5, 0.6) is 0 Å². The van der Waals surface area contributed by atoms with Crippen molar-refractivity contribution in [2.24, 2.45) is 0 Å². The Labute approximate surface area is 111 Å². The summed E-state index contributed by atoms with van der Waals surface area (Å²) in [4.78, 5) is 11.5. The van der Waals surface area contributed by atoms with Crippen LogP contribution in [-0.2, 0) is 9.53 Å². The standard InChI is InChI=1S/C16H15FO2/c1-11(16(18)19-2)13-8-14(10-15(17)9-13)12-6-4-3-5-7-12/h3-11H,1-2H3/t11-/m1/s1. The highest BCUT2D eigenvalue weighted by atomic mass is 19.1. The van der Waals surface area contributed by atoms with E-state index in [0.29, 0.717) is 5.56 Å². The third-order valence-electron chi connectivity index (χ3n) is 3.08. The molecule has 0 aliphatic rings. The van der Waals surface area contributed by atoms with E-state index in [1.165, 1.54) is 19.2 Å². The fraction of sp³-hybridized carbons (Fsp3) is 0.188. The Morgan fingerprint density at radius 1 is 1.11 bits per heavy atom. The van der Waals surface area contributed by atoms with E-state index in [1.807, 2.05) is 36.4 Å². The van der Waals surface area contributed by atoms with Crippen molar-refractivity contribution in [1.82, 2.24) is 0 Å². The lowest BCUT2D eigenvalue weighted by molar-refractivity contribution is -0.141. The minimum absolute atomic E-state index is 0.355. The van der Waals surface area contributed by atoms with Gasteiger partial charge in [0.05, 0.1) is 13.0 Å². The van der Waals surface area contributed by atoms with E-state index < -0.39 is 5.92 Å². The minimum Gasteiger partial charge on any atom is -0.469 e. The molecule has 0 aliphatic carbocycles. The molecule has 0 aromatic heterocycles. The maximum atomic E-state index is 13.7. The quantitative estimate of drug-likeness (QED) is 0.783. The van der Waals surface area contributed by atoms with Gasteiger partial charge in [-0.3, -0.25) is 4.79 Å². The highest BCUT2D eigenvalue weighted by Crippen LogP contribution is 2.26. The van der Waals surface area contributed by atoms with Gasteiger partial charge in [-0.2, -0.15) is 0 Å². The number of esters is 1. The highest BCUT2D eigenvalue weighted by molar-refractivity contribution is 5.78. The van der Waals surface area contributed by atoms with Gasteiger partial charge in [-0.25, -0.2) is 4.39 Å². The van der Waals surface area contributed by atoms with Gasteiger partial charge >= 0.3 is 5.97 Å². The summed E-state index contributed by atoms with van der Waals surface area (Å²) in [5.74, 6) is -1.21. The molecule has 0 radical (unpaired) electrons. The lowest BCUT2D eigenvalue weighted by atomic mass is 9.96. The summed E-state index contributed by atoms with van der Waals surface area (Å²) < 4.78 is 18.4. The van der Waals surface area contributed by atoms with Crippen LogP contribution >= 0.6 is 0 Å². The Bertz CT molecular complexity index is 579. The third kappa shape index (κ3) is 2.99. The molecule has 2 rings (SSSR count). The van der Waals surface area contributed by atoms with Crippen molar-refractivity contribution in [3.05, 3.63) is 59.9 Å². The molecular weight excluding hydrogens is 243 g/mol. The van der Waals surface area contributed by atoms with Crippen molar-refractivity contribution in [1.29, 1.82) is 0 Å². The van der Waals surface area contributed by atoms with Crippen molar-refractivity contribution >= 4 is 5.97 Å². The lowest BCUT2D eigenvalue weighted by Gasteiger charge is -2.11. The van der Waals surface area contributed by atoms with E-state index in [9.17, 15) is 9.18 Å². The van der Waals surface area contributed by atoms with Crippen molar-refractivity contribution in [2.45, 2.75) is 12.8 Å². The summed E-state index contributed by atoms with van der Waals surface area (Å²) in [6.45, 7) is 1.70. The Kier molecular flexibility index (Phi) is 3.95. The predicted molar refractivity (Wildman–Crippen MR) is 72.3 cm³/mol. The summed E-state index contributed by atoms with van der Waals surface area (Å²) in [5, 5.41) is 0. The molecule has 0 aliphatic heterocycles. The van der Waals surface area contributed by atoms with E-state index in [2.05, 4.69) is 0 Å². The maximum Gasteiger partial charge on any atom is 0.312 e. The van der Waals surface area contributed by atoms with Gasteiger partial charge in [-0.1, -0.05) is 36.4 Å². The molecule has 3 heteroatoms. The molecule has 0 fully saturated rings. The first-order valence-electron chi connectivity index (χ1n) is 6.05. The minimum atomic E-state index is -0.483. The highest BCUT2D eigenvalue weighted by Gasteiger charge is 2.17. The molecule has 19 heavy (non-hydrogen) atoms. The zero-order valence-corrected chi connectivity index (χ0v) is 10.9. The number of carbonyl (C=O) groups excluding carboxylic acids is 1. The number of carbonyl (C=O) groups is 1. The van der Waals surface area contributed by atoms with Crippen molar-refractivity contribution in [3.63, 3.8) is 0 Å².